The van der Waals surface area contributed by atoms with Crippen molar-refractivity contribution in [3.8, 4) is 0 Å². The van der Waals surface area contributed by atoms with E-state index in [2.05, 4.69) is 14.8 Å². The van der Waals surface area contributed by atoms with Gasteiger partial charge >= 0.3 is 5.51 Å². The summed E-state index contributed by atoms with van der Waals surface area (Å²) in [7, 11) is -3.04. The first-order valence-corrected chi connectivity index (χ1v) is 9.69. The quantitative estimate of drug-likeness (QED) is 0.579. The SMILES string of the molecule is CCCCC1=Cc2cc(C)ccc2S1(Br)C(F)(F)F. The average Bonchev–Trinajstić information content (AvgIpc) is 2.59. The lowest BCUT2D eigenvalue weighted by molar-refractivity contribution is -0.0355. The average molecular weight is 353 g/mol. The largest absolute Gasteiger partial charge is 0.442 e. The Morgan fingerprint density at radius 3 is 2.53 bits per heavy atom. The monoisotopic (exact) mass is 352 g/mol. The van der Waals surface area contributed by atoms with Crippen molar-refractivity contribution in [2.45, 2.75) is 43.5 Å². The number of aryl methyl sites for hydroxylation is 1. The van der Waals surface area contributed by atoms with E-state index in [0.717, 1.165) is 24.0 Å². The van der Waals surface area contributed by atoms with Crippen molar-refractivity contribution < 1.29 is 13.2 Å². The van der Waals surface area contributed by atoms with Gasteiger partial charge < -0.3 is 0 Å². The third-order valence-corrected chi connectivity index (χ3v) is 9.30. The summed E-state index contributed by atoms with van der Waals surface area (Å²) in [4.78, 5) is 0.902. The van der Waals surface area contributed by atoms with Crippen LogP contribution in [0.1, 0.15) is 37.3 Å². The van der Waals surface area contributed by atoms with Crippen molar-refractivity contribution in [1.29, 1.82) is 0 Å². The van der Waals surface area contributed by atoms with Gasteiger partial charge in [-0.15, -0.1) is 0 Å². The van der Waals surface area contributed by atoms with Crippen LogP contribution >= 0.6 is 23.3 Å². The van der Waals surface area contributed by atoms with Gasteiger partial charge in [0, 0.05) is 4.90 Å². The minimum absolute atomic E-state index is 0.400. The second-order valence-electron chi connectivity index (χ2n) is 4.74. The number of fused-ring (bicyclic) bond motifs is 1. The zero-order valence-corrected chi connectivity index (χ0v) is 13.3. The maximum absolute atomic E-state index is 13.6. The molecule has 1 atom stereocenters. The summed E-state index contributed by atoms with van der Waals surface area (Å²) >= 11 is 3.08. The summed E-state index contributed by atoms with van der Waals surface area (Å²) in [6.07, 6.45) is 3.92. The standard InChI is InChI=1S/C14H16BrF3S/c1-3-4-5-12-9-11-8-10(2)6-7-13(11)19(12,15)14(16,17)18/h6-9H,3-5H2,1-2H3. The fraction of sp³-hybridized carbons (Fsp3) is 0.429. The Morgan fingerprint density at radius 2 is 1.95 bits per heavy atom. The Kier molecular flexibility index (Phi) is 4.07. The molecule has 0 saturated carbocycles. The lowest BCUT2D eigenvalue weighted by atomic mass is 10.1. The van der Waals surface area contributed by atoms with Crippen molar-refractivity contribution in [2.24, 2.45) is 0 Å². The minimum atomic E-state index is -4.24. The summed E-state index contributed by atoms with van der Waals surface area (Å²) in [6.45, 7) is 3.89. The molecule has 0 nitrogen and oxygen atoms in total. The summed E-state index contributed by atoms with van der Waals surface area (Å²) in [6, 6.07) is 5.21. The molecule has 0 bridgehead atoms. The van der Waals surface area contributed by atoms with Crippen LogP contribution in [0.15, 0.2) is 28.0 Å². The summed E-state index contributed by atoms with van der Waals surface area (Å²) in [5.74, 6) is 0. The predicted octanol–water partition coefficient (Wildman–Crippen LogP) is 6.53. The predicted molar refractivity (Wildman–Crippen MR) is 79.5 cm³/mol. The molecule has 1 aliphatic rings. The fourth-order valence-corrected chi connectivity index (χ4v) is 6.16. The zero-order chi connectivity index (χ0) is 14.3. The van der Waals surface area contributed by atoms with Gasteiger partial charge in [-0.1, -0.05) is 31.0 Å². The first kappa shape index (κ1) is 15.0. The molecule has 1 aromatic carbocycles. The zero-order valence-electron chi connectivity index (χ0n) is 10.9. The van der Waals surface area contributed by atoms with E-state index in [4.69, 9.17) is 0 Å². The molecule has 0 fully saturated rings. The third-order valence-electron chi connectivity index (χ3n) is 3.24. The van der Waals surface area contributed by atoms with Crippen LogP contribution in [0, 0.1) is 6.92 Å². The molecule has 0 N–H and O–H groups in total. The summed E-state index contributed by atoms with van der Waals surface area (Å²) in [5, 5.41) is 0. The smallest absolute Gasteiger partial charge is 0.160 e. The van der Waals surface area contributed by atoms with Gasteiger partial charge in [-0.3, -0.25) is 0 Å². The lowest BCUT2D eigenvalue weighted by Gasteiger charge is -2.35. The molecular weight excluding hydrogens is 337 g/mol. The van der Waals surface area contributed by atoms with Crippen LogP contribution in [0.25, 0.3) is 6.08 Å². The molecule has 5 heteroatoms. The highest BCUT2D eigenvalue weighted by atomic mass is 79.9. The lowest BCUT2D eigenvalue weighted by Crippen LogP contribution is -2.15. The molecule has 1 unspecified atom stereocenters. The van der Waals surface area contributed by atoms with E-state index in [1.807, 2.05) is 19.9 Å². The molecule has 0 spiro atoms. The van der Waals surface area contributed by atoms with Crippen LogP contribution in [-0.2, 0) is 0 Å². The molecule has 1 aliphatic heterocycles. The number of halogens is 4. The molecular formula is C14H16BrF3S. The summed E-state index contributed by atoms with van der Waals surface area (Å²) in [5.41, 5.74) is -2.54. The number of hydrogen-bond donors (Lipinski definition) is 0. The van der Waals surface area contributed by atoms with Gasteiger partial charge in [0.05, 0.1) is 0 Å². The van der Waals surface area contributed by atoms with E-state index in [9.17, 15) is 13.2 Å². The molecule has 1 heterocycles. The minimum Gasteiger partial charge on any atom is -0.160 e. The first-order chi connectivity index (χ1) is 8.80. The number of alkyl halides is 3. The van der Waals surface area contributed by atoms with Gasteiger partial charge in [0.2, 0.25) is 0 Å². The van der Waals surface area contributed by atoms with E-state index in [1.54, 1.807) is 18.2 Å². The number of hydrogen-bond acceptors (Lipinski definition) is 0. The Hall–Kier alpha value is -0.420. The maximum atomic E-state index is 13.6. The number of allylic oxidation sites excluding steroid dienone is 1. The fourth-order valence-electron chi connectivity index (χ4n) is 2.27. The van der Waals surface area contributed by atoms with Crippen LogP contribution < -0.4 is 0 Å². The van der Waals surface area contributed by atoms with E-state index in [1.165, 1.54) is 0 Å². The van der Waals surface area contributed by atoms with Crippen LogP contribution in [-0.4, -0.2) is 5.51 Å². The Balaban J connectivity index is 2.53. The van der Waals surface area contributed by atoms with Gasteiger partial charge in [0.1, 0.15) is 0 Å². The van der Waals surface area contributed by atoms with Gasteiger partial charge in [-0.05, 0) is 65.7 Å². The van der Waals surface area contributed by atoms with Crippen LogP contribution in [0.5, 0.6) is 0 Å². The molecule has 0 aliphatic carbocycles. The topological polar surface area (TPSA) is 0 Å². The van der Waals surface area contributed by atoms with Gasteiger partial charge in [-0.25, -0.2) is 0 Å². The first-order valence-electron chi connectivity index (χ1n) is 6.21. The van der Waals surface area contributed by atoms with Crippen LogP contribution in [0.4, 0.5) is 13.2 Å². The van der Waals surface area contributed by atoms with E-state index in [0.29, 0.717) is 16.2 Å². The number of unbranched alkanes of at least 4 members (excludes halogenated alkanes) is 1. The molecule has 106 valence electrons. The van der Waals surface area contributed by atoms with Crippen LogP contribution in [0.3, 0.4) is 0 Å². The van der Waals surface area contributed by atoms with E-state index >= 15 is 0 Å². The number of benzene rings is 1. The van der Waals surface area contributed by atoms with E-state index < -0.39 is 14.0 Å². The summed E-state index contributed by atoms with van der Waals surface area (Å²) < 4.78 is 40.7. The third kappa shape index (κ3) is 2.47. The van der Waals surface area contributed by atoms with Gasteiger partial charge in [0.25, 0.3) is 0 Å². The normalized spacial score (nSPS) is 25.7. The number of rotatable bonds is 3. The highest BCUT2D eigenvalue weighted by molar-refractivity contribution is 9.59. The molecule has 2 rings (SSSR count). The van der Waals surface area contributed by atoms with Gasteiger partial charge in [0.15, 0.2) is 0 Å². The Morgan fingerprint density at radius 1 is 1.26 bits per heavy atom. The van der Waals surface area contributed by atoms with Crippen molar-refractivity contribution in [3.05, 3.63) is 34.2 Å². The highest BCUT2D eigenvalue weighted by Gasteiger charge is 2.54. The molecule has 0 aromatic heterocycles. The molecule has 0 saturated heterocycles. The molecule has 1 aromatic rings. The van der Waals surface area contributed by atoms with Crippen molar-refractivity contribution in [3.63, 3.8) is 0 Å². The van der Waals surface area contributed by atoms with Crippen molar-refractivity contribution in [2.75, 3.05) is 0 Å². The second-order valence-corrected chi connectivity index (χ2v) is 10.2. The Labute approximate surface area is 120 Å². The second kappa shape index (κ2) is 5.17. The van der Waals surface area contributed by atoms with Crippen molar-refractivity contribution in [1.82, 2.24) is 0 Å². The van der Waals surface area contributed by atoms with Gasteiger partial charge in [-0.2, -0.15) is 13.2 Å². The Bertz CT molecular complexity index is 522. The maximum Gasteiger partial charge on any atom is 0.442 e. The molecule has 0 radical (unpaired) electrons. The van der Waals surface area contributed by atoms with Crippen LogP contribution in [0.2, 0.25) is 0 Å². The highest BCUT2D eigenvalue weighted by Crippen LogP contribution is 2.81. The molecule has 19 heavy (non-hydrogen) atoms. The van der Waals surface area contributed by atoms with E-state index in [-0.39, 0.29) is 0 Å². The molecule has 0 amide bonds. The van der Waals surface area contributed by atoms with Crippen molar-refractivity contribution >= 4 is 29.4 Å².